The molecular formula is C13H16N2O4S. The van der Waals surface area contributed by atoms with Crippen LogP contribution in [0.2, 0.25) is 0 Å². The van der Waals surface area contributed by atoms with Crippen LogP contribution in [0.1, 0.15) is 29.6 Å². The van der Waals surface area contributed by atoms with Gasteiger partial charge in [-0.05, 0) is 37.7 Å². The summed E-state index contributed by atoms with van der Waals surface area (Å²) in [6.45, 7) is 0. The van der Waals surface area contributed by atoms with Gasteiger partial charge in [0.15, 0.2) is 0 Å². The van der Waals surface area contributed by atoms with E-state index in [1.807, 2.05) is 11.8 Å². The van der Waals surface area contributed by atoms with Crippen molar-refractivity contribution in [1.29, 1.82) is 0 Å². The monoisotopic (exact) mass is 296 g/mol. The number of thioether (sulfide) groups is 1. The number of carboxylic acid groups (broad SMARTS) is 1. The lowest BCUT2D eigenvalue weighted by Gasteiger charge is -2.14. The van der Waals surface area contributed by atoms with Crippen LogP contribution in [0.4, 0.5) is 11.4 Å². The maximum Gasteiger partial charge on any atom is 0.342 e. The molecule has 1 aromatic rings. The molecule has 1 aromatic carbocycles. The van der Waals surface area contributed by atoms with Gasteiger partial charge in [0.05, 0.1) is 4.92 Å². The fraction of sp³-hybridized carbons (Fsp3) is 0.462. The Morgan fingerprint density at radius 2 is 2.25 bits per heavy atom. The number of carboxylic acids is 1. The summed E-state index contributed by atoms with van der Waals surface area (Å²) in [5.74, 6) is -1.29. The molecule has 1 saturated carbocycles. The van der Waals surface area contributed by atoms with Crippen molar-refractivity contribution in [3.05, 3.63) is 33.9 Å². The predicted molar refractivity (Wildman–Crippen MR) is 78.6 cm³/mol. The van der Waals surface area contributed by atoms with Gasteiger partial charge in [-0.15, -0.1) is 0 Å². The molecule has 0 bridgehead atoms. The van der Waals surface area contributed by atoms with Gasteiger partial charge >= 0.3 is 5.97 Å². The quantitative estimate of drug-likeness (QED) is 0.641. The van der Waals surface area contributed by atoms with Gasteiger partial charge in [-0.1, -0.05) is 0 Å². The van der Waals surface area contributed by atoms with Crippen molar-refractivity contribution in [2.45, 2.75) is 30.6 Å². The third-order valence-electron chi connectivity index (χ3n) is 3.51. The lowest BCUT2D eigenvalue weighted by molar-refractivity contribution is -0.385. The predicted octanol–water partition coefficient (Wildman–Crippen LogP) is 2.99. The van der Waals surface area contributed by atoms with E-state index >= 15 is 0 Å². The van der Waals surface area contributed by atoms with E-state index in [0.29, 0.717) is 17.0 Å². The SMILES string of the molecule is CSC1CCC(Nc2ccc(C(=O)O)c([N+](=O)[O-])c2)C1. The average Bonchev–Trinajstić information content (AvgIpc) is 2.86. The highest BCUT2D eigenvalue weighted by molar-refractivity contribution is 7.99. The molecule has 108 valence electrons. The number of nitrogens with one attached hydrogen (secondary N) is 1. The largest absolute Gasteiger partial charge is 0.477 e. The van der Waals surface area contributed by atoms with E-state index in [9.17, 15) is 14.9 Å². The Morgan fingerprint density at radius 3 is 2.80 bits per heavy atom. The molecule has 0 heterocycles. The molecule has 0 radical (unpaired) electrons. The molecule has 0 aromatic heterocycles. The van der Waals surface area contributed by atoms with E-state index in [4.69, 9.17) is 5.11 Å². The Balaban J connectivity index is 2.15. The number of hydrogen-bond acceptors (Lipinski definition) is 5. The number of rotatable bonds is 5. The van der Waals surface area contributed by atoms with Crippen molar-refractivity contribution >= 4 is 29.1 Å². The van der Waals surface area contributed by atoms with Gasteiger partial charge < -0.3 is 10.4 Å². The first kappa shape index (κ1) is 14.6. The summed E-state index contributed by atoms with van der Waals surface area (Å²) >= 11 is 1.84. The second-order valence-electron chi connectivity index (χ2n) is 4.81. The second kappa shape index (κ2) is 6.13. The molecule has 0 aliphatic heterocycles. The topological polar surface area (TPSA) is 92.5 Å². The summed E-state index contributed by atoms with van der Waals surface area (Å²) in [7, 11) is 0. The Morgan fingerprint density at radius 1 is 1.50 bits per heavy atom. The Kier molecular flexibility index (Phi) is 4.49. The molecule has 6 nitrogen and oxygen atoms in total. The minimum atomic E-state index is -1.29. The first-order valence-electron chi connectivity index (χ1n) is 6.32. The molecule has 0 amide bonds. The summed E-state index contributed by atoms with van der Waals surface area (Å²) in [4.78, 5) is 21.2. The van der Waals surface area contributed by atoms with Crippen LogP contribution in [0.3, 0.4) is 0 Å². The van der Waals surface area contributed by atoms with Gasteiger partial charge in [0.25, 0.3) is 5.69 Å². The van der Waals surface area contributed by atoms with Crippen LogP contribution >= 0.6 is 11.8 Å². The van der Waals surface area contributed by atoms with E-state index in [-0.39, 0.29) is 11.3 Å². The highest BCUT2D eigenvalue weighted by atomic mass is 32.2. The standard InChI is InChI=1S/C13H16N2O4S/c1-20-10-4-2-8(6-10)14-9-3-5-11(13(16)17)12(7-9)15(18)19/h3,5,7-8,10,14H,2,4,6H2,1H3,(H,16,17). The lowest BCUT2D eigenvalue weighted by atomic mass is 10.1. The van der Waals surface area contributed by atoms with Gasteiger partial charge in [0.2, 0.25) is 0 Å². The number of nitrogens with zero attached hydrogens (tertiary/aromatic N) is 1. The fourth-order valence-electron chi connectivity index (χ4n) is 2.47. The van der Waals surface area contributed by atoms with Crippen molar-refractivity contribution in [2.24, 2.45) is 0 Å². The van der Waals surface area contributed by atoms with Crippen LogP contribution in [0.5, 0.6) is 0 Å². The number of nitro benzene ring substituents is 1. The molecule has 2 N–H and O–H groups in total. The molecule has 1 fully saturated rings. The van der Waals surface area contributed by atoms with Crippen LogP contribution in [0.25, 0.3) is 0 Å². The normalized spacial score (nSPS) is 21.6. The zero-order valence-electron chi connectivity index (χ0n) is 11.0. The van der Waals surface area contributed by atoms with Crippen LogP contribution in [0.15, 0.2) is 18.2 Å². The van der Waals surface area contributed by atoms with Gasteiger partial charge in [-0.25, -0.2) is 4.79 Å². The van der Waals surface area contributed by atoms with E-state index in [1.54, 1.807) is 6.07 Å². The van der Waals surface area contributed by atoms with Crippen LogP contribution in [-0.4, -0.2) is 33.5 Å². The number of anilines is 1. The molecule has 0 spiro atoms. The summed E-state index contributed by atoms with van der Waals surface area (Å²) in [5.41, 5.74) is -0.0515. The fourth-order valence-corrected chi connectivity index (χ4v) is 3.27. The Labute approximate surface area is 120 Å². The summed E-state index contributed by atoms with van der Waals surface area (Å²) in [6, 6.07) is 4.46. The molecular weight excluding hydrogens is 280 g/mol. The highest BCUT2D eigenvalue weighted by Gasteiger charge is 2.25. The van der Waals surface area contributed by atoms with Crippen molar-refractivity contribution < 1.29 is 14.8 Å². The van der Waals surface area contributed by atoms with E-state index in [1.165, 1.54) is 12.1 Å². The number of hydrogen-bond donors (Lipinski definition) is 2. The number of aromatic carboxylic acids is 1. The maximum atomic E-state index is 10.9. The Hall–Kier alpha value is -1.76. The van der Waals surface area contributed by atoms with Crippen LogP contribution < -0.4 is 5.32 Å². The van der Waals surface area contributed by atoms with Crippen molar-refractivity contribution in [2.75, 3.05) is 11.6 Å². The van der Waals surface area contributed by atoms with E-state index in [0.717, 1.165) is 19.3 Å². The van der Waals surface area contributed by atoms with Crippen LogP contribution in [-0.2, 0) is 0 Å². The smallest absolute Gasteiger partial charge is 0.342 e. The highest BCUT2D eigenvalue weighted by Crippen LogP contribution is 2.31. The van der Waals surface area contributed by atoms with Gasteiger partial charge in [-0.2, -0.15) is 11.8 Å². The average molecular weight is 296 g/mol. The summed E-state index contributed by atoms with van der Waals surface area (Å²) in [5, 5.41) is 23.7. The molecule has 2 atom stereocenters. The zero-order chi connectivity index (χ0) is 14.7. The molecule has 0 saturated heterocycles. The lowest BCUT2D eigenvalue weighted by Crippen LogP contribution is -2.16. The van der Waals surface area contributed by atoms with Crippen LogP contribution in [0, 0.1) is 10.1 Å². The summed E-state index contributed by atoms with van der Waals surface area (Å²) < 4.78 is 0. The molecule has 1 aliphatic rings. The first-order chi connectivity index (χ1) is 9.51. The van der Waals surface area contributed by atoms with E-state index in [2.05, 4.69) is 11.6 Å². The molecule has 20 heavy (non-hydrogen) atoms. The number of benzene rings is 1. The van der Waals surface area contributed by atoms with Crippen molar-refractivity contribution in [3.8, 4) is 0 Å². The molecule has 2 rings (SSSR count). The minimum Gasteiger partial charge on any atom is -0.477 e. The number of carbonyl (C=O) groups is 1. The van der Waals surface area contributed by atoms with Crippen molar-refractivity contribution in [3.63, 3.8) is 0 Å². The molecule has 7 heteroatoms. The minimum absolute atomic E-state index is 0.283. The van der Waals surface area contributed by atoms with Gasteiger partial charge in [0, 0.05) is 23.0 Å². The van der Waals surface area contributed by atoms with Gasteiger partial charge in [-0.3, -0.25) is 10.1 Å². The second-order valence-corrected chi connectivity index (χ2v) is 5.94. The third-order valence-corrected chi connectivity index (χ3v) is 4.61. The van der Waals surface area contributed by atoms with Gasteiger partial charge in [0.1, 0.15) is 5.56 Å². The van der Waals surface area contributed by atoms with E-state index < -0.39 is 10.9 Å². The number of nitro groups is 1. The zero-order valence-corrected chi connectivity index (χ0v) is 11.9. The molecule has 2 unspecified atom stereocenters. The third kappa shape index (κ3) is 3.22. The molecule has 1 aliphatic carbocycles. The summed E-state index contributed by atoms with van der Waals surface area (Å²) in [6.07, 6.45) is 5.27. The Bertz CT molecular complexity index is 535. The maximum absolute atomic E-state index is 10.9. The van der Waals surface area contributed by atoms with Crippen molar-refractivity contribution in [1.82, 2.24) is 0 Å². The first-order valence-corrected chi connectivity index (χ1v) is 7.61.